The van der Waals surface area contributed by atoms with E-state index in [1.807, 2.05) is 24.3 Å². The third-order valence-electron chi connectivity index (χ3n) is 2.57. The van der Waals surface area contributed by atoms with E-state index in [1.54, 1.807) is 22.9 Å². The standard InChI is InChI=1S/C12H9ClN4/c13-8-5-6-9(14)12(7-8)17-11-4-2-1-3-10(11)15-16-17/h1-7H,14H2. The molecule has 0 radical (unpaired) electrons. The van der Waals surface area contributed by atoms with E-state index < -0.39 is 0 Å². The SMILES string of the molecule is Nc1ccc(Cl)cc1-n1nnc2ccccc21. The molecule has 0 unspecified atom stereocenters. The zero-order chi connectivity index (χ0) is 11.8. The van der Waals surface area contributed by atoms with Gasteiger partial charge in [0.2, 0.25) is 0 Å². The summed E-state index contributed by atoms with van der Waals surface area (Å²) >= 11 is 5.97. The first-order valence-electron chi connectivity index (χ1n) is 5.11. The molecule has 0 saturated heterocycles. The normalized spacial score (nSPS) is 10.9. The van der Waals surface area contributed by atoms with Crippen LogP contribution < -0.4 is 5.73 Å². The summed E-state index contributed by atoms with van der Waals surface area (Å²) in [6, 6.07) is 13.0. The van der Waals surface area contributed by atoms with E-state index in [2.05, 4.69) is 10.3 Å². The number of aromatic nitrogens is 3. The maximum atomic E-state index is 5.97. The van der Waals surface area contributed by atoms with E-state index in [0.29, 0.717) is 10.7 Å². The summed E-state index contributed by atoms with van der Waals surface area (Å²) < 4.78 is 1.69. The van der Waals surface area contributed by atoms with Crippen molar-refractivity contribution in [2.45, 2.75) is 0 Å². The summed E-state index contributed by atoms with van der Waals surface area (Å²) in [4.78, 5) is 0. The second-order valence-corrected chi connectivity index (χ2v) is 4.13. The zero-order valence-electron chi connectivity index (χ0n) is 8.84. The lowest BCUT2D eigenvalue weighted by atomic mass is 10.2. The molecule has 4 nitrogen and oxygen atoms in total. The van der Waals surface area contributed by atoms with Gasteiger partial charge in [-0.3, -0.25) is 0 Å². The Hall–Kier alpha value is -2.07. The van der Waals surface area contributed by atoms with Crippen LogP contribution in [0.2, 0.25) is 5.02 Å². The molecule has 1 heterocycles. The molecular weight excluding hydrogens is 236 g/mol. The van der Waals surface area contributed by atoms with Crippen LogP contribution in [0.1, 0.15) is 0 Å². The maximum absolute atomic E-state index is 5.97. The smallest absolute Gasteiger partial charge is 0.113 e. The number of hydrogen-bond acceptors (Lipinski definition) is 3. The fourth-order valence-corrected chi connectivity index (χ4v) is 1.91. The number of fused-ring (bicyclic) bond motifs is 1. The molecule has 5 heteroatoms. The Kier molecular flexibility index (Phi) is 2.23. The van der Waals surface area contributed by atoms with Crippen molar-refractivity contribution in [2.24, 2.45) is 0 Å². The van der Waals surface area contributed by atoms with Gasteiger partial charge in [0.25, 0.3) is 0 Å². The fourth-order valence-electron chi connectivity index (χ4n) is 1.75. The number of rotatable bonds is 1. The molecule has 17 heavy (non-hydrogen) atoms. The van der Waals surface area contributed by atoms with Crippen LogP contribution in [-0.2, 0) is 0 Å². The monoisotopic (exact) mass is 244 g/mol. The van der Waals surface area contributed by atoms with Crippen LogP contribution in [0.15, 0.2) is 42.5 Å². The van der Waals surface area contributed by atoms with Gasteiger partial charge < -0.3 is 5.73 Å². The fraction of sp³-hybridized carbons (Fsp3) is 0. The number of halogens is 1. The van der Waals surface area contributed by atoms with E-state index >= 15 is 0 Å². The van der Waals surface area contributed by atoms with E-state index in [-0.39, 0.29) is 0 Å². The number of anilines is 1. The summed E-state index contributed by atoms with van der Waals surface area (Å²) in [6.45, 7) is 0. The Morgan fingerprint density at radius 2 is 1.94 bits per heavy atom. The molecule has 0 aliphatic carbocycles. The summed E-state index contributed by atoms with van der Waals surface area (Å²) in [5, 5.41) is 8.79. The van der Waals surface area contributed by atoms with E-state index in [9.17, 15) is 0 Å². The molecule has 2 N–H and O–H groups in total. The molecule has 3 aromatic rings. The largest absolute Gasteiger partial charge is 0.397 e. The first-order valence-corrected chi connectivity index (χ1v) is 5.49. The third kappa shape index (κ3) is 1.62. The highest BCUT2D eigenvalue weighted by molar-refractivity contribution is 6.30. The molecule has 2 aromatic carbocycles. The van der Waals surface area contributed by atoms with Crippen molar-refractivity contribution in [1.82, 2.24) is 15.0 Å². The highest BCUT2D eigenvalue weighted by atomic mass is 35.5. The average molecular weight is 245 g/mol. The second kappa shape index (κ2) is 3.75. The van der Waals surface area contributed by atoms with Crippen molar-refractivity contribution in [3.8, 4) is 5.69 Å². The van der Waals surface area contributed by atoms with Crippen molar-refractivity contribution in [3.05, 3.63) is 47.5 Å². The molecule has 1 aromatic heterocycles. The maximum Gasteiger partial charge on any atom is 0.113 e. The Labute approximate surface area is 103 Å². The van der Waals surface area contributed by atoms with Crippen LogP contribution >= 0.6 is 11.6 Å². The lowest BCUT2D eigenvalue weighted by Crippen LogP contribution is -2.01. The van der Waals surface area contributed by atoms with Crippen LogP contribution in [0.5, 0.6) is 0 Å². The van der Waals surface area contributed by atoms with Crippen molar-refractivity contribution in [2.75, 3.05) is 5.73 Å². The number of hydrogen-bond donors (Lipinski definition) is 1. The highest BCUT2D eigenvalue weighted by Crippen LogP contribution is 2.24. The molecule has 0 bridgehead atoms. The topological polar surface area (TPSA) is 56.7 Å². The highest BCUT2D eigenvalue weighted by Gasteiger charge is 2.08. The molecule has 0 amide bonds. The molecule has 0 aliphatic heterocycles. The van der Waals surface area contributed by atoms with Gasteiger partial charge in [-0.2, -0.15) is 0 Å². The van der Waals surface area contributed by atoms with Crippen molar-refractivity contribution in [1.29, 1.82) is 0 Å². The first kappa shape index (κ1) is 10.1. The Morgan fingerprint density at radius 3 is 2.82 bits per heavy atom. The van der Waals surface area contributed by atoms with Gasteiger partial charge in [0.15, 0.2) is 0 Å². The molecule has 0 aliphatic rings. The second-order valence-electron chi connectivity index (χ2n) is 3.69. The molecule has 3 rings (SSSR count). The van der Waals surface area contributed by atoms with Crippen molar-refractivity contribution >= 4 is 28.3 Å². The molecule has 0 spiro atoms. The van der Waals surface area contributed by atoms with E-state index in [0.717, 1.165) is 16.7 Å². The molecule has 0 fully saturated rings. The van der Waals surface area contributed by atoms with Gasteiger partial charge in [0, 0.05) is 5.02 Å². The summed E-state index contributed by atoms with van der Waals surface area (Å²) in [6.07, 6.45) is 0. The average Bonchev–Trinajstić information content (AvgIpc) is 2.76. The van der Waals surface area contributed by atoms with Gasteiger partial charge >= 0.3 is 0 Å². The minimum absolute atomic E-state index is 0.616. The lowest BCUT2D eigenvalue weighted by molar-refractivity contribution is 0.826. The van der Waals surface area contributed by atoms with Crippen LogP contribution in [-0.4, -0.2) is 15.0 Å². The molecular formula is C12H9ClN4. The predicted octanol–water partition coefficient (Wildman–Crippen LogP) is 2.66. The van der Waals surface area contributed by atoms with Gasteiger partial charge in [-0.1, -0.05) is 28.9 Å². The summed E-state index contributed by atoms with van der Waals surface area (Å²) in [7, 11) is 0. The van der Waals surface area contributed by atoms with Gasteiger partial charge in [-0.25, -0.2) is 4.68 Å². The Bertz CT molecular complexity index is 690. The summed E-state index contributed by atoms with van der Waals surface area (Å²) in [5.41, 5.74) is 9.01. The van der Waals surface area contributed by atoms with Crippen LogP contribution in [0.25, 0.3) is 16.7 Å². The quantitative estimate of drug-likeness (QED) is 0.670. The van der Waals surface area contributed by atoms with Gasteiger partial charge in [-0.15, -0.1) is 5.10 Å². The first-order chi connectivity index (χ1) is 8.25. The number of nitrogens with two attached hydrogens (primary N) is 1. The van der Waals surface area contributed by atoms with Crippen molar-refractivity contribution in [3.63, 3.8) is 0 Å². The third-order valence-corrected chi connectivity index (χ3v) is 2.81. The molecule has 0 atom stereocenters. The van der Waals surface area contributed by atoms with Crippen LogP contribution in [0.3, 0.4) is 0 Å². The molecule has 0 saturated carbocycles. The Morgan fingerprint density at radius 1 is 1.12 bits per heavy atom. The van der Waals surface area contributed by atoms with E-state index in [1.165, 1.54) is 0 Å². The number of para-hydroxylation sites is 1. The minimum atomic E-state index is 0.616. The Balaban J connectivity index is 2.31. The lowest BCUT2D eigenvalue weighted by Gasteiger charge is -2.06. The van der Waals surface area contributed by atoms with Gasteiger partial charge in [-0.05, 0) is 30.3 Å². The van der Waals surface area contributed by atoms with E-state index in [4.69, 9.17) is 17.3 Å². The number of benzene rings is 2. The summed E-state index contributed by atoms with van der Waals surface area (Å²) in [5.74, 6) is 0. The van der Waals surface area contributed by atoms with Crippen molar-refractivity contribution < 1.29 is 0 Å². The number of nitrogen functional groups attached to an aromatic ring is 1. The zero-order valence-corrected chi connectivity index (χ0v) is 9.59. The van der Waals surface area contributed by atoms with Crippen LogP contribution in [0.4, 0.5) is 5.69 Å². The molecule has 84 valence electrons. The van der Waals surface area contributed by atoms with Gasteiger partial charge in [0.05, 0.1) is 16.9 Å². The van der Waals surface area contributed by atoms with Crippen LogP contribution in [0, 0.1) is 0 Å². The minimum Gasteiger partial charge on any atom is -0.397 e. The number of nitrogens with zero attached hydrogens (tertiary/aromatic N) is 3. The predicted molar refractivity (Wildman–Crippen MR) is 68.3 cm³/mol. The van der Waals surface area contributed by atoms with Gasteiger partial charge in [0.1, 0.15) is 5.52 Å².